The number of hydrogen-bond donors (Lipinski definition) is 0. The van der Waals surface area contributed by atoms with Gasteiger partial charge in [0, 0.05) is 17.2 Å². The number of benzene rings is 1. The van der Waals surface area contributed by atoms with E-state index in [1.807, 2.05) is 54.3 Å². The number of rotatable bonds is 3. The van der Waals surface area contributed by atoms with E-state index in [0.717, 1.165) is 15.7 Å². The fraction of sp³-hybridized carbons (Fsp3) is 0.250. The fourth-order valence-electron chi connectivity index (χ4n) is 3.21. The van der Waals surface area contributed by atoms with Crippen LogP contribution in [0.5, 0.6) is 0 Å². The summed E-state index contributed by atoms with van der Waals surface area (Å²) >= 11 is 3.44. The minimum atomic E-state index is -0.123. The molecule has 3 aromatic rings. The highest BCUT2D eigenvalue weighted by Gasteiger charge is 2.28. The molecule has 6 nitrogen and oxygen atoms in total. The molecule has 4 rings (SSSR count). The van der Waals surface area contributed by atoms with Crippen molar-refractivity contribution in [3.05, 3.63) is 76.2 Å². The molecule has 0 spiro atoms. The van der Waals surface area contributed by atoms with Crippen molar-refractivity contribution in [1.82, 2.24) is 19.7 Å². The van der Waals surface area contributed by atoms with Gasteiger partial charge in [0.15, 0.2) is 5.82 Å². The van der Waals surface area contributed by atoms with Crippen LogP contribution in [0.4, 0.5) is 0 Å². The molecule has 138 valence electrons. The number of hydrogen-bond acceptors (Lipinski definition) is 4. The maximum Gasteiger partial charge on any atom is 0.257 e. The summed E-state index contributed by atoms with van der Waals surface area (Å²) in [5.74, 6) is 0.670. The Morgan fingerprint density at radius 3 is 2.78 bits per heavy atom. The lowest BCUT2D eigenvalue weighted by atomic mass is 10.1. The molecule has 0 radical (unpaired) electrons. The van der Waals surface area contributed by atoms with Crippen molar-refractivity contribution in [2.75, 3.05) is 19.7 Å². The van der Waals surface area contributed by atoms with E-state index in [1.165, 1.54) is 0 Å². The highest BCUT2D eigenvalue weighted by atomic mass is 79.9. The first-order chi connectivity index (χ1) is 13.1. The Bertz CT molecular complexity index is 940. The molecule has 1 aliphatic rings. The molecular weight excluding hydrogens is 408 g/mol. The summed E-state index contributed by atoms with van der Waals surface area (Å²) in [7, 11) is 0. The average Bonchev–Trinajstić information content (AvgIpc) is 3.10. The zero-order valence-corrected chi connectivity index (χ0v) is 16.5. The molecule has 1 aromatic carbocycles. The smallest absolute Gasteiger partial charge is 0.257 e. The zero-order chi connectivity index (χ0) is 18.8. The van der Waals surface area contributed by atoms with Gasteiger partial charge in [-0.1, -0.05) is 34.1 Å². The molecule has 0 N–H and O–H groups in total. The quantitative estimate of drug-likeness (QED) is 0.642. The van der Waals surface area contributed by atoms with Gasteiger partial charge in [-0.05, 0) is 36.8 Å². The first-order valence-electron chi connectivity index (χ1n) is 8.76. The highest BCUT2D eigenvalue weighted by molar-refractivity contribution is 9.10. The summed E-state index contributed by atoms with van der Waals surface area (Å²) in [5, 5.41) is 4.36. The van der Waals surface area contributed by atoms with Crippen LogP contribution in [0.25, 0.3) is 5.82 Å². The van der Waals surface area contributed by atoms with Crippen molar-refractivity contribution >= 4 is 21.8 Å². The van der Waals surface area contributed by atoms with Gasteiger partial charge in [0.05, 0.1) is 30.6 Å². The standard InChI is InChI=1S/C20H19BrN4O2/c1-14-17(12-23-25(14)19-4-2-3-9-22-19)20(26)24-10-11-27-18(13-24)15-5-7-16(21)8-6-15/h2-9,12,18H,10-11,13H2,1H3. The predicted octanol–water partition coefficient (Wildman–Crippen LogP) is 3.55. The van der Waals surface area contributed by atoms with Crippen LogP contribution >= 0.6 is 15.9 Å². The average molecular weight is 427 g/mol. The van der Waals surface area contributed by atoms with Crippen LogP contribution < -0.4 is 0 Å². The van der Waals surface area contributed by atoms with Crippen molar-refractivity contribution in [1.29, 1.82) is 0 Å². The summed E-state index contributed by atoms with van der Waals surface area (Å²) < 4.78 is 8.60. The Labute approximate surface area is 165 Å². The molecule has 0 bridgehead atoms. The Morgan fingerprint density at radius 1 is 1.22 bits per heavy atom. The highest BCUT2D eigenvalue weighted by Crippen LogP contribution is 2.25. The number of amides is 1. The third-order valence-electron chi connectivity index (χ3n) is 4.70. The van der Waals surface area contributed by atoms with Gasteiger partial charge in [-0.25, -0.2) is 9.67 Å². The zero-order valence-electron chi connectivity index (χ0n) is 14.9. The number of pyridine rings is 1. The van der Waals surface area contributed by atoms with Crippen LogP contribution in [0.3, 0.4) is 0 Å². The summed E-state index contributed by atoms with van der Waals surface area (Å²) in [6.45, 7) is 3.50. The lowest BCUT2D eigenvalue weighted by Crippen LogP contribution is -2.42. The van der Waals surface area contributed by atoms with Crippen molar-refractivity contribution in [2.45, 2.75) is 13.0 Å². The number of carbonyl (C=O) groups is 1. The lowest BCUT2D eigenvalue weighted by molar-refractivity contribution is -0.0228. The number of morpholine rings is 1. The number of ether oxygens (including phenoxy) is 1. The number of carbonyl (C=O) groups excluding carboxylic acids is 1. The van der Waals surface area contributed by atoms with Crippen LogP contribution in [-0.2, 0) is 4.74 Å². The minimum absolute atomic E-state index is 0.0277. The summed E-state index contributed by atoms with van der Waals surface area (Å²) in [6, 6.07) is 13.6. The van der Waals surface area contributed by atoms with Crippen LogP contribution in [0, 0.1) is 6.92 Å². The second-order valence-electron chi connectivity index (χ2n) is 6.41. The molecular formula is C20H19BrN4O2. The fourth-order valence-corrected chi connectivity index (χ4v) is 3.48. The van der Waals surface area contributed by atoms with Crippen molar-refractivity contribution in [3.8, 4) is 5.82 Å². The van der Waals surface area contributed by atoms with Gasteiger partial charge in [-0.15, -0.1) is 0 Å². The van der Waals surface area contributed by atoms with Crippen molar-refractivity contribution < 1.29 is 9.53 Å². The van der Waals surface area contributed by atoms with Gasteiger partial charge < -0.3 is 9.64 Å². The van der Waals surface area contributed by atoms with Crippen molar-refractivity contribution in [3.63, 3.8) is 0 Å². The van der Waals surface area contributed by atoms with E-state index in [4.69, 9.17) is 4.74 Å². The Balaban J connectivity index is 1.54. The van der Waals surface area contributed by atoms with Gasteiger partial charge in [0.25, 0.3) is 5.91 Å². The molecule has 27 heavy (non-hydrogen) atoms. The molecule has 1 fully saturated rings. The van der Waals surface area contributed by atoms with Crippen LogP contribution in [0.2, 0.25) is 0 Å². The van der Waals surface area contributed by atoms with E-state index in [1.54, 1.807) is 17.1 Å². The molecule has 1 unspecified atom stereocenters. The molecule has 1 aliphatic heterocycles. The van der Waals surface area contributed by atoms with E-state index in [2.05, 4.69) is 26.0 Å². The molecule has 3 heterocycles. The van der Waals surface area contributed by atoms with E-state index in [0.29, 0.717) is 31.1 Å². The van der Waals surface area contributed by atoms with Crippen molar-refractivity contribution in [2.24, 2.45) is 0 Å². The lowest BCUT2D eigenvalue weighted by Gasteiger charge is -2.33. The van der Waals surface area contributed by atoms with E-state index < -0.39 is 0 Å². The summed E-state index contributed by atoms with van der Waals surface area (Å²) in [6.07, 6.45) is 3.21. The summed E-state index contributed by atoms with van der Waals surface area (Å²) in [4.78, 5) is 19.2. The van der Waals surface area contributed by atoms with Crippen LogP contribution in [0.1, 0.15) is 27.7 Å². The van der Waals surface area contributed by atoms with Crippen LogP contribution in [-0.4, -0.2) is 45.3 Å². The van der Waals surface area contributed by atoms with Gasteiger partial charge >= 0.3 is 0 Å². The van der Waals surface area contributed by atoms with E-state index in [9.17, 15) is 4.79 Å². The van der Waals surface area contributed by atoms with Gasteiger partial charge in [-0.3, -0.25) is 4.79 Å². The number of halogens is 1. The molecule has 0 saturated carbocycles. The monoisotopic (exact) mass is 426 g/mol. The second-order valence-corrected chi connectivity index (χ2v) is 7.32. The predicted molar refractivity (Wildman–Crippen MR) is 105 cm³/mol. The Hall–Kier alpha value is -2.51. The van der Waals surface area contributed by atoms with E-state index in [-0.39, 0.29) is 12.0 Å². The van der Waals surface area contributed by atoms with Gasteiger partial charge in [0.2, 0.25) is 0 Å². The molecule has 1 amide bonds. The largest absolute Gasteiger partial charge is 0.370 e. The van der Waals surface area contributed by atoms with E-state index >= 15 is 0 Å². The molecule has 2 aromatic heterocycles. The third kappa shape index (κ3) is 3.65. The second kappa shape index (κ2) is 7.62. The number of nitrogens with zero attached hydrogens (tertiary/aromatic N) is 4. The Kier molecular flexibility index (Phi) is 5.05. The minimum Gasteiger partial charge on any atom is -0.370 e. The first kappa shape index (κ1) is 17.9. The summed E-state index contributed by atoms with van der Waals surface area (Å²) in [5.41, 5.74) is 2.44. The van der Waals surface area contributed by atoms with Gasteiger partial charge in [-0.2, -0.15) is 5.10 Å². The first-order valence-corrected chi connectivity index (χ1v) is 9.55. The molecule has 7 heteroatoms. The number of aromatic nitrogens is 3. The van der Waals surface area contributed by atoms with Crippen LogP contribution in [0.15, 0.2) is 59.3 Å². The maximum atomic E-state index is 13.1. The molecule has 1 atom stereocenters. The van der Waals surface area contributed by atoms with Gasteiger partial charge in [0.1, 0.15) is 6.10 Å². The molecule has 0 aliphatic carbocycles. The SMILES string of the molecule is Cc1c(C(=O)N2CCOC(c3ccc(Br)cc3)C2)cnn1-c1ccccn1. The Morgan fingerprint density at radius 2 is 2.04 bits per heavy atom. The third-order valence-corrected chi connectivity index (χ3v) is 5.23. The maximum absolute atomic E-state index is 13.1. The normalized spacial score (nSPS) is 17.1. The molecule has 1 saturated heterocycles. The topological polar surface area (TPSA) is 60.3 Å².